The van der Waals surface area contributed by atoms with Gasteiger partial charge in [0.2, 0.25) is 5.91 Å². The largest absolute Gasteiger partial charge is 0.322 e. The van der Waals surface area contributed by atoms with Crippen LogP contribution >= 0.6 is 11.8 Å². The van der Waals surface area contributed by atoms with Gasteiger partial charge in [0, 0.05) is 6.07 Å². The van der Waals surface area contributed by atoms with E-state index in [2.05, 4.69) is 10.4 Å². The second-order valence-electron chi connectivity index (χ2n) is 3.76. The van der Waals surface area contributed by atoms with E-state index in [4.69, 9.17) is 5.73 Å². The summed E-state index contributed by atoms with van der Waals surface area (Å²) < 4.78 is 1.91. The lowest BCUT2D eigenvalue weighted by Crippen LogP contribution is -2.25. The van der Waals surface area contributed by atoms with Gasteiger partial charge in [-0.25, -0.2) is 4.68 Å². The van der Waals surface area contributed by atoms with Crippen LogP contribution in [0.3, 0.4) is 0 Å². The molecule has 3 N–H and O–H groups in total. The summed E-state index contributed by atoms with van der Waals surface area (Å²) in [6, 6.07) is 2.22. The van der Waals surface area contributed by atoms with Gasteiger partial charge in [0.15, 0.2) is 0 Å². The monoisotopic (exact) mass is 240 g/mol. The molecule has 88 valence electrons. The maximum atomic E-state index is 11.2. The van der Waals surface area contributed by atoms with Gasteiger partial charge >= 0.3 is 0 Å². The van der Waals surface area contributed by atoms with Crippen LogP contribution in [0.25, 0.3) is 0 Å². The number of rotatable bonds is 3. The van der Waals surface area contributed by atoms with Crippen LogP contribution in [0, 0.1) is 0 Å². The third-order valence-electron chi connectivity index (χ3n) is 2.66. The summed E-state index contributed by atoms with van der Waals surface area (Å²) in [5.41, 5.74) is 5.27. The van der Waals surface area contributed by atoms with Crippen LogP contribution in [0.1, 0.15) is 18.9 Å². The maximum Gasteiger partial charge on any atom is 0.239 e. The molecule has 0 saturated carbocycles. The molecule has 0 radical (unpaired) electrons. The van der Waals surface area contributed by atoms with Crippen molar-refractivity contribution < 1.29 is 4.79 Å². The van der Waals surface area contributed by atoms with Crippen LogP contribution in [-0.2, 0) is 4.79 Å². The first-order valence-electron chi connectivity index (χ1n) is 5.42. The fraction of sp³-hybridized carbons (Fsp3) is 0.600. The van der Waals surface area contributed by atoms with E-state index in [1.165, 1.54) is 0 Å². The Morgan fingerprint density at radius 2 is 2.38 bits per heavy atom. The molecule has 16 heavy (non-hydrogen) atoms. The van der Waals surface area contributed by atoms with Crippen LogP contribution in [0.5, 0.6) is 0 Å². The molecule has 1 aliphatic heterocycles. The van der Waals surface area contributed by atoms with Crippen molar-refractivity contribution in [3.05, 3.63) is 12.3 Å². The molecule has 1 aromatic rings. The van der Waals surface area contributed by atoms with Crippen molar-refractivity contribution >= 4 is 23.5 Å². The lowest BCUT2D eigenvalue weighted by Gasteiger charge is -2.23. The van der Waals surface area contributed by atoms with Crippen molar-refractivity contribution in [1.29, 1.82) is 0 Å². The van der Waals surface area contributed by atoms with E-state index in [0.717, 1.165) is 30.2 Å². The second-order valence-corrected chi connectivity index (χ2v) is 4.98. The number of nitrogens with zero attached hydrogens (tertiary/aromatic N) is 2. The first-order valence-corrected chi connectivity index (χ1v) is 6.58. The van der Waals surface area contributed by atoms with E-state index < -0.39 is 0 Å². The summed E-state index contributed by atoms with van der Waals surface area (Å²) in [4.78, 5) is 11.2. The Kier molecular flexibility index (Phi) is 3.84. The van der Waals surface area contributed by atoms with Crippen molar-refractivity contribution in [2.45, 2.75) is 18.9 Å². The van der Waals surface area contributed by atoms with Gasteiger partial charge in [-0.2, -0.15) is 16.9 Å². The molecule has 2 rings (SSSR count). The minimum absolute atomic E-state index is 0.00565. The first kappa shape index (κ1) is 11.5. The maximum absolute atomic E-state index is 11.2. The summed E-state index contributed by atoms with van der Waals surface area (Å²) in [5, 5.41) is 7.05. The van der Waals surface area contributed by atoms with Crippen molar-refractivity contribution in [1.82, 2.24) is 9.78 Å². The number of aromatic nitrogens is 2. The van der Waals surface area contributed by atoms with Crippen molar-refractivity contribution in [3.8, 4) is 0 Å². The minimum Gasteiger partial charge on any atom is -0.322 e. The van der Waals surface area contributed by atoms with Crippen LogP contribution in [-0.4, -0.2) is 33.7 Å². The summed E-state index contributed by atoms with van der Waals surface area (Å²) >= 11 is 1.97. The molecule has 1 fully saturated rings. The highest BCUT2D eigenvalue weighted by atomic mass is 32.2. The first-order chi connectivity index (χ1) is 7.81. The van der Waals surface area contributed by atoms with Crippen molar-refractivity contribution in [2.75, 3.05) is 23.4 Å². The van der Waals surface area contributed by atoms with Gasteiger partial charge in [0.1, 0.15) is 5.82 Å². The lowest BCUT2D eigenvalue weighted by atomic mass is 10.1. The van der Waals surface area contributed by atoms with E-state index in [-0.39, 0.29) is 12.5 Å². The molecule has 0 aliphatic carbocycles. The molecule has 1 amide bonds. The van der Waals surface area contributed by atoms with E-state index >= 15 is 0 Å². The van der Waals surface area contributed by atoms with E-state index in [1.54, 1.807) is 6.20 Å². The molecule has 6 heteroatoms. The predicted octanol–water partition coefficient (Wildman–Crippen LogP) is 0.848. The highest BCUT2D eigenvalue weighted by Crippen LogP contribution is 2.28. The van der Waals surface area contributed by atoms with Gasteiger partial charge in [-0.05, 0) is 24.3 Å². The minimum atomic E-state index is -0.174. The molecule has 0 unspecified atom stereocenters. The Morgan fingerprint density at radius 1 is 1.62 bits per heavy atom. The van der Waals surface area contributed by atoms with Crippen LogP contribution in [0.15, 0.2) is 12.3 Å². The Bertz CT molecular complexity index is 359. The predicted molar refractivity (Wildman–Crippen MR) is 65.5 cm³/mol. The summed E-state index contributed by atoms with van der Waals surface area (Å²) in [6.07, 6.45) is 3.93. The van der Waals surface area contributed by atoms with Gasteiger partial charge in [-0.15, -0.1) is 0 Å². The Labute approximate surface area is 98.8 Å². The number of anilines is 1. The molecule has 1 saturated heterocycles. The fourth-order valence-electron chi connectivity index (χ4n) is 1.83. The van der Waals surface area contributed by atoms with E-state index in [0.29, 0.717) is 6.04 Å². The number of carbonyl (C=O) groups is 1. The smallest absolute Gasteiger partial charge is 0.239 e. The summed E-state index contributed by atoms with van der Waals surface area (Å²) in [7, 11) is 0. The molecular formula is C10H16N4OS. The number of nitrogens with one attached hydrogen (secondary N) is 1. The van der Waals surface area contributed by atoms with Gasteiger partial charge in [0.05, 0.1) is 18.8 Å². The molecule has 0 aromatic carbocycles. The SMILES string of the molecule is NCC(=O)Nc1ccnn1C1CCSCC1. The molecule has 0 atom stereocenters. The molecular weight excluding hydrogens is 224 g/mol. The average Bonchev–Trinajstić information content (AvgIpc) is 2.78. The Hall–Kier alpha value is -1.01. The quantitative estimate of drug-likeness (QED) is 0.821. The topological polar surface area (TPSA) is 72.9 Å². The van der Waals surface area contributed by atoms with Crippen LogP contribution in [0.2, 0.25) is 0 Å². The van der Waals surface area contributed by atoms with Gasteiger partial charge in [0.25, 0.3) is 0 Å². The lowest BCUT2D eigenvalue weighted by molar-refractivity contribution is -0.115. The Balaban J connectivity index is 2.08. The van der Waals surface area contributed by atoms with Gasteiger partial charge in [-0.3, -0.25) is 4.79 Å². The molecule has 0 spiro atoms. The zero-order valence-electron chi connectivity index (χ0n) is 9.06. The summed E-state index contributed by atoms with van der Waals surface area (Å²) in [5.74, 6) is 2.91. The normalized spacial score (nSPS) is 17.3. The molecule has 1 aromatic heterocycles. The average molecular weight is 240 g/mol. The van der Waals surface area contributed by atoms with Gasteiger partial charge in [-0.1, -0.05) is 0 Å². The van der Waals surface area contributed by atoms with Crippen LogP contribution in [0.4, 0.5) is 5.82 Å². The fourth-order valence-corrected chi connectivity index (χ4v) is 2.91. The standard InChI is InChI=1S/C10H16N4OS/c11-7-10(15)13-9-1-4-12-14(9)8-2-5-16-6-3-8/h1,4,8H,2-3,5-7,11H2,(H,13,15). The number of thioether (sulfide) groups is 1. The number of amides is 1. The van der Waals surface area contributed by atoms with Crippen molar-refractivity contribution in [3.63, 3.8) is 0 Å². The summed E-state index contributed by atoms with van der Waals surface area (Å²) in [6.45, 7) is 0.00565. The zero-order chi connectivity index (χ0) is 11.4. The Morgan fingerprint density at radius 3 is 3.06 bits per heavy atom. The van der Waals surface area contributed by atoms with E-state index in [9.17, 15) is 4.79 Å². The number of hydrogen-bond donors (Lipinski definition) is 2. The molecule has 0 bridgehead atoms. The molecule has 1 aliphatic rings. The number of nitrogens with two attached hydrogens (primary N) is 1. The number of carbonyl (C=O) groups excluding carboxylic acids is 1. The zero-order valence-corrected chi connectivity index (χ0v) is 9.87. The van der Waals surface area contributed by atoms with E-state index in [1.807, 2.05) is 22.5 Å². The highest BCUT2D eigenvalue weighted by Gasteiger charge is 2.18. The molecule has 2 heterocycles. The van der Waals surface area contributed by atoms with Crippen molar-refractivity contribution in [2.24, 2.45) is 5.73 Å². The third-order valence-corrected chi connectivity index (χ3v) is 3.71. The molecule has 5 nitrogen and oxygen atoms in total. The highest BCUT2D eigenvalue weighted by molar-refractivity contribution is 7.99. The third kappa shape index (κ3) is 2.56. The second kappa shape index (κ2) is 5.36. The van der Waals surface area contributed by atoms with Crippen LogP contribution < -0.4 is 11.1 Å². The van der Waals surface area contributed by atoms with Gasteiger partial charge < -0.3 is 11.1 Å². The number of hydrogen-bond acceptors (Lipinski definition) is 4.